The first kappa shape index (κ1) is 11.0. The maximum atomic E-state index is 13.5. The Morgan fingerprint density at radius 1 is 1.24 bits per heavy atom. The van der Waals surface area contributed by atoms with Crippen molar-refractivity contribution in [2.45, 2.75) is 0 Å². The fourth-order valence-corrected chi connectivity index (χ4v) is 1.53. The number of aromatic nitrogens is 1. The number of pyridine rings is 1. The summed E-state index contributed by atoms with van der Waals surface area (Å²) in [5.74, 6) is -1.37. The van der Waals surface area contributed by atoms with E-state index in [2.05, 4.69) is 0 Å². The molecule has 84 valence electrons. The standard InChI is InChI=1S/C12H6F2N2O/c13-9-3-4-10(8(6-9)7-15)12-11(14)2-1-5-16(12)17/h1-6H. The lowest BCUT2D eigenvalue weighted by molar-refractivity contribution is -0.595. The molecule has 0 radical (unpaired) electrons. The van der Waals surface area contributed by atoms with E-state index in [9.17, 15) is 14.0 Å². The zero-order valence-electron chi connectivity index (χ0n) is 8.52. The molecule has 0 saturated heterocycles. The van der Waals surface area contributed by atoms with Gasteiger partial charge in [0.25, 0.3) is 5.69 Å². The molecule has 0 aliphatic carbocycles. The number of nitrogens with zero attached hydrogens (tertiary/aromatic N) is 2. The molecule has 0 N–H and O–H groups in total. The van der Waals surface area contributed by atoms with Crippen molar-refractivity contribution in [1.82, 2.24) is 0 Å². The van der Waals surface area contributed by atoms with Crippen molar-refractivity contribution >= 4 is 0 Å². The molecule has 0 unspecified atom stereocenters. The van der Waals surface area contributed by atoms with Crippen molar-refractivity contribution in [3.8, 4) is 17.3 Å². The molecule has 1 aromatic heterocycles. The molecule has 0 aliphatic heterocycles. The summed E-state index contributed by atoms with van der Waals surface area (Å²) in [4.78, 5) is 0. The Hall–Kier alpha value is -2.48. The van der Waals surface area contributed by atoms with E-state index in [1.165, 1.54) is 12.1 Å². The van der Waals surface area contributed by atoms with Crippen molar-refractivity contribution in [3.05, 3.63) is 58.9 Å². The van der Waals surface area contributed by atoms with Crippen LogP contribution in [0.25, 0.3) is 11.3 Å². The number of rotatable bonds is 1. The SMILES string of the molecule is N#Cc1cc(F)ccc1-c1c(F)ccc[n+]1[O-]. The molecule has 3 nitrogen and oxygen atoms in total. The first-order valence-electron chi connectivity index (χ1n) is 4.71. The molecule has 0 saturated carbocycles. The van der Waals surface area contributed by atoms with Crippen molar-refractivity contribution in [2.75, 3.05) is 0 Å². The molecular weight excluding hydrogens is 226 g/mol. The summed E-state index contributed by atoms with van der Waals surface area (Å²) in [5.41, 5.74) is -0.300. The minimum atomic E-state index is -0.759. The lowest BCUT2D eigenvalue weighted by Crippen LogP contribution is -2.29. The van der Waals surface area contributed by atoms with Crippen LogP contribution in [0.2, 0.25) is 0 Å². The van der Waals surface area contributed by atoms with Crippen LogP contribution in [0.4, 0.5) is 8.78 Å². The predicted molar refractivity (Wildman–Crippen MR) is 55.5 cm³/mol. The molecule has 0 amide bonds. The summed E-state index contributed by atoms with van der Waals surface area (Å²) in [5, 5.41) is 20.3. The fraction of sp³-hybridized carbons (Fsp3) is 0. The second-order valence-corrected chi connectivity index (χ2v) is 3.33. The summed E-state index contributed by atoms with van der Waals surface area (Å²) in [7, 11) is 0. The molecule has 1 aromatic carbocycles. The Balaban J connectivity index is 2.74. The van der Waals surface area contributed by atoms with Crippen LogP contribution in [-0.4, -0.2) is 0 Å². The predicted octanol–water partition coefficient (Wildman–Crippen LogP) is 2.14. The Labute approximate surface area is 95.8 Å². The molecule has 2 aromatic rings. The fourth-order valence-electron chi connectivity index (χ4n) is 1.53. The van der Waals surface area contributed by atoms with Crippen LogP contribution >= 0.6 is 0 Å². The summed E-state index contributed by atoms with van der Waals surface area (Å²) in [6, 6.07) is 7.33. The average Bonchev–Trinajstić information content (AvgIpc) is 2.30. The molecular formula is C12H6F2N2O. The molecule has 5 heteroatoms. The van der Waals surface area contributed by atoms with Gasteiger partial charge in [-0.3, -0.25) is 0 Å². The smallest absolute Gasteiger partial charge is 0.261 e. The summed E-state index contributed by atoms with van der Waals surface area (Å²) in [6.45, 7) is 0. The normalized spacial score (nSPS) is 9.94. The molecule has 0 bridgehead atoms. The van der Waals surface area contributed by atoms with Gasteiger partial charge < -0.3 is 5.21 Å². The molecule has 0 spiro atoms. The van der Waals surface area contributed by atoms with E-state index in [1.807, 2.05) is 0 Å². The van der Waals surface area contributed by atoms with Crippen LogP contribution in [0.1, 0.15) is 5.56 Å². The summed E-state index contributed by atoms with van der Waals surface area (Å²) >= 11 is 0. The van der Waals surface area contributed by atoms with Gasteiger partial charge in [0, 0.05) is 6.07 Å². The van der Waals surface area contributed by atoms with Crippen molar-refractivity contribution in [3.63, 3.8) is 0 Å². The number of hydrogen-bond donors (Lipinski definition) is 0. The monoisotopic (exact) mass is 232 g/mol. The number of benzene rings is 1. The van der Waals surface area contributed by atoms with Gasteiger partial charge in [-0.1, -0.05) is 0 Å². The largest absolute Gasteiger partial charge is 0.618 e. The topological polar surface area (TPSA) is 50.7 Å². The van der Waals surface area contributed by atoms with Crippen molar-refractivity contribution in [1.29, 1.82) is 5.26 Å². The van der Waals surface area contributed by atoms with E-state index in [-0.39, 0.29) is 16.8 Å². The van der Waals surface area contributed by atoms with Crippen LogP contribution in [0.3, 0.4) is 0 Å². The molecule has 0 fully saturated rings. The van der Waals surface area contributed by atoms with Gasteiger partial charge in [0.1, 0.15) is 11.9 Å². The molecule has 1 heterocycles. The maximum absolute atomic E-state index is 13.5. The second kappa shape index (κ2) is 4.18. The Bertz CT molecular complexity index is 600. The van der Waals surface area contributed by atoms with E-state index >= 15 is 0 Å². The van der Waals surface area contributed by atoms with Crippen LogP contribution in [0.15, 0.2) is 36.5 Å². The van der Waals surface area contributed by atoms with Crippen LogP contribution in [0.5, 0.6) is 0 Å². The van der Waals surface area contributed by atoms with Gasteiger partial charge in [-0.25, -0.2) is 4.39 Å². The first-order valence-corrected chi connectivity index (χ1v) is 4.71. The third kappa shape index (κ3) is 1.93. The minimum Gasteiger partial charge on any atom is -0.618 e. The van der Waals surface area contributed by atoms with E-state index in [0.29, 0.717) is 4.73 Å². The molecule has 2 rings (SSSR count). The molecule has 0 atom stereocenters. The van der Waals surface area contributed by atoms with E-state index in [4.69, 9.17) is 5.26 Å². The van der Waals surface area contributed by atoms with Gasteiger partial charge in [-0.2, -0.15) is 14.4 Å². The Morgan fingerprint density at radius 3 is 2.65 bits per heavy atom. The van der Waals surface area contributed by atoms with Gasteiger partial charge in [-0.05, 0) is 24.3 Å². The number of halogens is 2. The van der Waals surface area contributed by atoms with Gasteiger partial charge in [0.05, 0.1) is 11.1 Å². The average molecular weight is 232 g/mol. The first-order chi connectivity index (χ1) is 8.13. The lowest BCUT2D eigenvalue weighted by Gasteiger charge is -2.06. The third-order valence-corrected chi connectivity index (χ3v) is 2.27. The molecule has 0 aliphatic rings. The third-order valence-electron chi connectivity index (χ3n) is 2.27. The maximum Gasteiger partial charge on any atom is 0.261 e. The van der Waals surface area contributed by atoms with Gasteiger partial charge >= 0.3 is 0 Å². The van der Waals surface area contributed by atoms with Gasteiger partial charge in [0.2, 0.25) is 0 Å². The zero-order chi connectivity index (χ0) is 12.4. The quantitative estimate of drug-likeness (QED) is 0.558. The highest BCUT2D eigenvalue weighted by molar-refractivity contribution is 5.65. The van der Waals surface area contributed by atoms with Crippen molar-refractivity contribution < 1.29 is 13.5 Å². The number of hydrogen-bond acceptors (Lipinski definition) is 2. The van der Waals surface area contributed by atoms with Crippen molar-refractivity contribution in [2.24, 2.45) is 0 Å². The summed E-state index contributed by atoms with van der Waals surface area (Å²) in [6.07, 6.45) is 1.11. The second-order valence-electron chi connectivity index (χ2n) is 3.33. The lowest BCUT2D eigenvalue weighted by atomic mass is 10.0. The highest BCUT2D eigenvalue weighted by Gasteiger charge is 2.19. The highest BCUT2D eigenvalue weighted by atomic mass is 19.1. The van der Waals surface area contributed by atoms with Crippen LogP contribution in [-0.2, 0) is 0 Å². The molecule has 17 heavy (non-hydrogen) atoms. The van der Waals surface area contributed by atoms with E-state index < -0.39 is 11.6 Å². The van der Waals surface area contributed by atoms with Gasteiger partial charge in [0.15, 0.2) is 12.0 Å². The minimum absolute atomic E-state index is 0.0713. The van der Waals surface area contributed by atoms with Gasteiger partial charge in [-0.15, -0.1) is 0 Å². The number of nitriles is 1. The van der Waals surface area contributed by atoms with E-state index in [0.717, 1.165) is 24.4 Å². The van der Waals surface area contributed by atoms with E-state index in [1.54, 1.807) is 6.07 Å². The Morgan fingerprint density at radius 2 is 2.00 bits per heavy atom. The van der Waals surface area contributed by atoms with Crippen LogP contribution < -0.4 is 4.73 Å². The highest BCUT2D eigenvalue weighted by Crippen LogP contribution is 2.23. The van der Waals surface area contributed by atoms with Crippen LogP contribution in [0, 0.1) is 28.2 Å². The zero-order valence-corrected chi connectivity index (χ0v) is 8.52. The Kier molecular flexibility index (Phi) is 2.71. The summed E-state index contributed by atoms with van der Waals surface area (Å²) < 4.78 is 26.8.